The maximum Gasteiger partial charge on any atom is 0.310 e. The van der Waals surface area contributed by atoms with E-state index < -0.39 is 5.97 Å². The van der Waals surface area contributed by atoms with E-state index >= 15 is 0 Å². The second-order valence-electron chi connectivity index (χ2n) is 21.0. The molecular formula is C68H73N15O8S2. The number of H-pyrrole nitrogens is 3. The number of aromatic nitrogens is 3. The van der Waals surface area contributed by atoms with Crippen molar-refractivity contribution in [2.45, 2.75) is 32.6 Å². The van der Waals surface area contributed by atoms with Crippen LogP contribution in [-0.2, 0) is 59.0 Å². The summed E-state index contributed by atoms with van der Waals surface area (Å²) in [4.78, 5) is 48.8. The van der Waals surface area contributed by atoms with Gasteiger partial charge in [0.2, 0.25) is 0 Å². The van der Waals surface area contributed by atoms with E-state index in [1.54, 1.807) is 95.9 Å². The number of nitrogens with two attached hydrogens (primary N) is 6. The molecule has 0 aliphatic carbocycles. The van der Waals surface area contributed by atoms with E-state index in [1.165, 1.54) is 4.88 Å². The van der Waals surface area contributed by atoms with Crippen molar-refractivity contribution in [1.82, 2.24) is 15.0 Å². The van der Waals surface area contributed by atoms with Crippen molar-refractivity contribution in [3.05, 3.63) is 200 Å². The van der Waals surface area contributed by atoms with Gasteiger partial charge in [0, 0.05) is 83.1 Å². The van der Waals surface area contributed by atoms with Crippen molar-refractivity contribution in [3.63, 3.8) is 0 Å². The van der Waals surface area contributed by atoms with Gasteiger partial charge in [0.15, 0.2) is 0 Å². The molecule has 4 heterocycles. The molecule has 0 radical (unpaired) electrons. The third-order valence-electron chi connectivity index (χ3n) is 14.7. The molecule has 22 N–H and O–H groups in total. The molecule has 0 fully saturated rings. The number of nitrogen functional groups attached to an aromatic ring is 6. The van der Waals surface area contributed by atoms with Gasteiger partial charge in [-0.2, -0.15) is 11.8 Å². The first-order chi connectivity index (χ1) is 44.7. The van der Waals surface area contributed by atoms with E-state index in [0.29, 0.717) is 53.0 Å². The topological polar surface area (TPSA) is 455 Å². The highest BCUT2D eigenvalue weighted by Gasteiger charge is 2.22. The first kappa shape index (κ1) is 68.1. The summed E-state index contributed by atoms with van der Waals surface area (Å²) in [7, 11) is 0. The van der Waals surface area contributed by atoms with Crippen molar-refractivity contribution in [2.75, 3.05) is 51.1 Å². The van der Waals surface area contributed by atoms with Crippen LogP contribution in [0, 0.1) is 32.5 Å². The molecule has 0 saturated carbocycles. The smallest absolute Gasteiger partial charge is 0.310 e. The highest BCUT2D eigenvalue weighted by molar-refractivity contribution is 7.99. The van der Waals surface area contributed by atoms with Crippen LogP contribution in [0.5, 0.6) is 0 Å². The molecule has 0 saturated heterocycles. The molecule has 0 amide bonds. The number of thioether (sulfide) groups is 1. The predicted octanol–water partition coefficient (Wildman–Crippen LogP) is 8.53. The lowest BCUT2D eigenvalue weighted by atomic mass is 10.0. The van der Waals surface area contributed by atoms with Crippen LogP contribution in [0.4, 0.5) is 0 Å². The molecular weight excluding hydrogens is 1220 g/mol. The fourth-order valence-electron chi connectivity index (χ4n) is 10.1. The monoisotopic (exact) mass is 1290 g/mol. The number of hydrogen-bond acceptors (Lipinski definition) is 16. The second-order valence-corrected chi connectivity index (χ2v) is 23.4. The van der Waals surface area contributed by atoms with E-state index in [9.17, 15) is 14.4 Å². The Morgan fingerprint density at radius 3 is 1.12 bits per heavy atom. The van der Waals surface area contributed by atoms with Crippen molar-refractivity contribution >= 4 is 109 Å². The molecule has 0 aliphatic rings. The minimum Gasteiger partial charge on any atom is -0.465 e. The molecule has 0 unspecified atom stereocenters. The Morgan fingerprint density at radius 2 is 0.796 bits per heavy atom. The average Bonchev–Trinajstić information content (AvgIpc) is 1.66. The van der Waals surface area contributed by atoms with Gasteiger partial charge in [-0.3, -0.25) is 46.8 Å². The third kappa shape index (κ3) is 18.0. The molecule has 10 rings (SSSR count). The SMILES string of the molecule is CCSCCOC(=O)Cc1c(-c2ccc(C(=N)N)cc2)[nH]c2cc(C(=N)N)ccc12.N=C(N)c1ccc(-c2[nH]c3cc(C(=N)N)ccc3c2CC(=O)OCCOCCO)cc1.N=C(N)c1ccc(-c2[nH]c3cc(C(=N)N)ccc3c2CC(=O)OCCc2cccs2)cc1. The number of ether oxygens (including phenoxy) is 4. The zero-order valence-corrected chi connectivity index (χ0v) is 52.6. The minimum atomic E-state index is -0.411. The van der Waals surface area contributed by atoms with Crippen molar-refractivity contribution in [1.29, 1.82) is 32.5 Å². The van der Waals surface area contributed by atoms with Gasteiger partial charge < -0.3 is 73.4 Å². The number of carbonyl (C=O) groups excluding carboxylic acids is 3. The minimum absolute atomic E-state index is 0.00181. The fourth-order valence-corrected chi connectivity index (χ4v) is 11.2. The maximum atomic E-state index is 12.7. The number of thiophene rings is 1. The van der Waals surface area contributed by atoms with Crippen molar-refractivity contribution < 1.29 is 38.4 Å². The summed E-state index contributed by atoms with van der Waals surface area (Å²) in [6.07, 6.45) is 0.954. The number of amidine groups is 6. The quantitative estimate of drug-likeness (QED) is 0.00754. The maximum absolute atomic E-state index is 12.7. The molecule has 0 atom stereocenters. The van der Waals surface area contributed by atoms with Crippen molar-refractivity contribution in [2.24, 2.45) is 34.4 Å². The third-order valence-corrected chi connectivity index (χ3v) is 16.5. The molecule has 93 heavy (non-hydrogen) atoms. The summed E-state index contributed by atoms with van der Waals surface area (Å²) in [5.41, 5.74) is 46.7. The van der Waals surface area contributed by atoms with Gasteiger partial charge in [0.1, 0.15) is 48.2 Å². The van der Waals surface area contributed by atoms with Gasteiger partial charge in [-0.25, -0.2) is 0 Å². The number of nitrogens with one attached hydrogen (secondary N) is 9. The number of aliphatic hydroxyl groups is 1. The molecule has 23 nitrogen and oxygen atoms in total. The highest BCUT2D eigenvalue weighted by atomic mass is 32.2. The van der Waals surface area contributed by atoms with Gasteiger partial charge in [-0.1, -0.05) is 122 Å². The molecule has 480 valence electrons. The van der Waals surface area contributed by atoms with Crippen LogP contribution >= 0.6 is 23.1 Å². The van der Waals surface area contributed by atoms with Crippen LogP contribution in [0.2, 0.25) is 0 Å². The zero-order valence-electron chi connectivity index (χ0n) is 50.9. The van der Waals surface area contributed by atoms with E-state index in [1.807, 2.05) is 72.1 Å². The zero-order chi connectivity index (χ0) is 66.7. The molecule has 0 bridgehead atoms. The molecule has 25 heteroatoms. The summed E-state index contributed by atoms with van der Waals surface area (Å²) in [5, 5.41) is 59.1. The Kier molecular flexibility index (Phi) is 23.6. The van der Waals surface area contributed by atoms with Gasteiger partial charge >= 0.3 is 17.9 Å². The summed E-state index contributed by atoms with van der Waals surface area (Å²) >= 11 is 3.37. The first-order valence-corrected chi connectivity index (χ1v) is 31.3. The number of aliphatic hydroxyl groups excluding tert-OH is 1. The number of benzene rings is 6. The Labute approximate surface area is 543 Å². The highest BCUT2D eigenvalue weighted by Crippen LogP contribution is 2.35. The van der Waals surface area contributed by atoms with Gasteiger partial charge in [0.25, 0.3) is 0 Å². The van der Waals surface area contributed by atoms with E-state index in [2.05, 4.69) is 21.9 Å². The average molecular weight is 1290 g/mol. The van der Waals surface area contributed by atoms with Crippen LogP contribution in [0.1, 0.15) is 61.9 Å². The van der Waals surface area contributed by atoms with Crippen LogP contribution in [-0.4, -0.2) is 124 Å². The Bertz CT molecular complexity index is 4370. The summed E-state index contributed by atoms with van der Waals surface area (Å²) < 4.78 is 21.3. The van der Waals surface area contributed by atoms with E-state index in [4.69, 9.17) is 90.9 Å². The van der Waals surface area contributed by atoms with Crippen LogP contribution in [0.15, 0.2) is 145 Å². The van der Waals surface area contributed by atoms with Crippen LogP contribution in [0.25, 0.3) is 66.5 Å². The normalized spacial score (nSPS) is 10.9. The number of rotatable bonds is 27. The number of esters is 3. The molecule has 0 spiro atoms. The predicted molar refractivity (Wildman–Crippen MR) is 370 cm³/mol. The Balaban J connectivity index is 0.000000179. The number of hydrogen-bond donors (Lipinski definition) is 16. The van der Waals surface area contributed by atoms with Crippen LogP contribution in [0.3, 0.4) is 0 Å². The van der Waals surface area contributed by atoms with E-state index in [-0.39, 0.29) is 92.6 Å². The number of carbonyl (C=O) groups is 3. The molecule has 6 aromatic carbocycles. The molecule has 10 aromatic rings. The largest absolute Gasteiger partial charge is 0.465 e. The van der Waals surface area contributed by atoms with Gasteiger partial charge in [-0.15, -0.1) is 11.3 Å². The standard InChI is InChI=1S/C24H23N5O2S.C22H25N5O4.C22H25N5O2S/c25-23(26)15-5-3-14(4-6-15)22-19(13-21(30)31-10-9-17-2-1-11-32-17)18-8-7-16(24(27)28)12-20(18)29-22;23-21(24)14-3-1-13(2-4-14)20-17(12-19(29)31-10-9-30-8-7-28)16-6-5-15(22(25)26)11-18(16)27-20;1-2-30-10-9-29-19(28)12-17-16-8-7-15(22(25)26)11-18(16)27-20(17)13-3-5-14(6-4-13)21(23)24/h1-8,11-12,29H,9-10,13H2,(H3,25,26)(H3,27,28);1-6,11,27-28H,7-10,12H2,(H3,23,24)(H3,25,26);3-8,11,27H,2,9-10,12H2,1H3,(H3,23,24)(H3,25,26). The summed E-state index contributed by atoms with van der Waals surface area (Å²) in [6, 6.07) is 41.9. The van der Waals surface area contributed by atoms with Gasteiger partial charge in [-0.05, 0) is 68.8 Å². The van der Waals surface area contributed by atoms with Crippen molar-refractivity contribution in [3.8, 4) is 33.8 Å². The van der Waals surface area contributed by atoms with Crippen LogP contribution < -0.4 is 34.4 Å². The second kappa shape index (κ2) is 32.2. The number of fused-ring (bicyclic) bond motifs is 3. The van der Waals surface area contributed by atoms with Gasteiger partial charge in [0.05, 0.1) is 62.8 Å². The Hall–Kier alpha value is -10.9. The number of aromatic amines is 3. The molecule has 0 aliphatic heterocycles. The Morgan fingerprint density at radius 1 is 0.452 bits per heavy atom. The lowest BCUT2D eigenvalue weighted by Crippen LogP contribution is -2.14. The lowest BCUT2D eigenvalue weighted by molar-refractivity contribution is -0.144. The summed E-state index contributed by atoms with van der Waals surface area (Å²) in [6.45, 7) is 3.20. The molecule has 4 aromatic heterocycles. The first-order valence-electron chi connectivity index (χ1n) is 29.3. The summed E-state index contributed by atoms with van der Waals surface area (Å²) in [5.74, 6) is 0.629. The van der Waals surface area contributed by atoms with E-state index in [0.717, 1.165) is 94.7 Å². The lowest BCUT2D eigenvalue weighted by Gasteiger charge is -2.08. The fraction of sp³-hybridized carbons (Fsp3) is 0.191.